The molecule has 114 valence electrons. The molecule has 0 radical (unpaired) electrons. The summed E-state index contributed by atoms with van der Waals surface area (Å²) < 4.78 is 5.42. The second-order valence-corrected chi connectivity index (χ2v) is 5.38. The van der Waals surface area contributed by atoms with E-state index >= 15 is 0 Å². The third-order valence-electron chi connectivity index (χ3n) is 3.59. The van der Waals surface area contributed by atoms with E-state index in [9.17, 15) is 9.90 Å². The number of ether oxygens (including phenoxy) is 1. The summed E-state index contributed by atoms with van der Waals surface area (Å²) in [7, 11) is 0. The van der Waals surface area contributed by atoms with Crippen molar-refractivity contribution in [1.82, 2.24) is 0 Å². The van der Waals surface area contributed by atoms with Gasteiger partial charge in [0.1, 0.15) is 11.5 Å². The Balaban J connectivity index is 2.20. The van der Waals surface area contributed by atoms with Gasteiger partial charge in [-0.15, -0.1) is 0 Å². The van der Waals surface area contributed by atoms with Gasteiger partial charge in [-0.2, -0.15) is 0 Å². The number of carbonyl (C=O) groups excluding carboxylic acids is 1. The van der Waals surface area contributed by atoms with Gasteiger partial charge in [-0.3, -0.25) is 0 Å². The van der Waals surface area contributed by atoms with Crippen LogP contribution in [0, 0.1) is 0 Å². The van der Waals surface area contributed by atoms with Crippen molar-refractivity contribution in [3.8, 4) is 22.6 Å². The fourth-order valence-electron chi connectivity index (χ4n) is 2.46. The molecule has 0 aliphatic heterocycles. The average Bonchev–Trinajstić information content (AvgIpc) is 2.56. The summed E-state index contributed by atoms with van der Waals surface area (Å²) >= 11 is 0. The molecule has 23 heavy (non-hydrogen) atoms. The lowest BCUT2D eigenvalue weighted by atomic mass is 9.97. The minimum absolute atomic E-state index is 0.114. The zero-order chi connectivity index (χ0) is 16.4. The summed E-state index contributed by atoms with van der Waals surface area (Å²) in [6, 6.07) is 18.5. The molecule has 3 nitrogen and oxygen atoms in total. The van der Waals surface area contributed by atoms with Crippen LogP contribution in [0.1, 0.15) is 6.92 Å². The third-order valence-corrected chi connectivity index (χ3v) is 3.59. The molecule has 0 spiro atoms. The van der Waals surface area contributed by atoms with Crippen molar-refractivity contribution in [2.24, 2.45) is 0 Å². The zero-order valence-corrected chi connectivity index (χ0v) is 12.7. The molecule has 1 N–H and O–H groups in total. The molecule has 3 rings (SSSR count). The van der Waals surface area contributed by atoms with Gasteiger partial charge in [0, 0.05) is 11.1 Å². The first-order valence-electron chi connectivity index (χ1n) is 7.25. The van der Waals surface area contributed by atoms with Crippen LogP contribution in [0.3, 0.4) is 0 Å². The van der Waals surface area contributed by atoms with Crippen LogP contribution < -0.4 is 4.74 Å². The number of aromatic hydroxyl groups is 1. The summed E-state index contributed by atoms with van der Waals surface area (Å²) in [5.41, 5.74) is 1.88. The molecular formula is C20H16O3. The minimum atomic E-state index is -0.489. The van der Waals surface area contributed by atoms with E-state index in [1.54, 1.807) is 19.1 Å². The number of rotatable bonds is 3. The van der Waals surface area contributed by atoms with Crippen molar-refractivity contribution in [1.29, 1.82) is 0 Å². The molecule has 0 bridgehead atoms. The summed E-state index contributed by atoms with van der Waals surface area (Å²) in [6.45, 7) is 5.19. The van der Waals surface area contributed by atoms with Crippen LogP contribution in [0.5, 0.6) is 11.5 Å². The fraction of sp³-hybridized carbons (Fsp3) is 0.0500. The Kier molecular flexibility index (Phi) is 3.85. The Morgan fingerprint density at radius 1 is 1.00 bits per heavy atom. The minimum Gasteiger partial charge on any atom is -0.508 e. The molecule has 3 heteroatoms. The van der Waals surface area contributed by atoms with Crippen LogP contribution >= 0.6 is 0 Å². The Hall–Kier alpha value is -3.07. The lowest BCUT2D eigenvalue weighted by molar-refractivity contribution is -0.130. The number of hydrogen-bond donors (Lipinski definition) is 1. The van der Waals surface area contributed by atoms with E-state index in [-0.39, 0.29) is 5.75 Å². The van der Waals surface area contributed by atoms with Crippen LogP contribution in [0.4, 0.5) is 0 Å². The lowest BCUT2D eigenvalue weighted by Gasteiger charge is -2.13. The molecule has 0 unspecified atom stereocenters. The SMILES string of the molecule is C=C(C)C(=O)Oc1ccc(O)cc1-c1cccc2ccccc12. The highest BCUT2D eigenvalue weighted by Gasteiger charge is 2.14. The third kappa shape index (κ3) is 2.94. The van der Waals surface area contributed by atoms with Gasteiger partial charge in [0.05, 0.1) is 0 Å². The van der Waals surface area contributed by atoms with Crippen molar-refractivity contribution in [2.45, 2.75) is 6.92 Å². The second kappa shape index (κ2) is 5.97. The molecule has 3 aromatic rings. The molecule has 0 saturated carbocycles. The Labute approximate surface area is 134 Å². The van der Waals surface area contributed by atoms with E-state index in [1.165, 1.54) is 6.07 Å². The highest BCUT2D eigenvalue weighted by molar-refractivity contribution is 5.99. The van der Waals surface area contributed by atoms with Gasteiger partial charge in [0.2, 0.25) is 0 Å². The molecule has 0 aromatic heterocycles. The number of carbonyl (C=O) groups is 1. The Bertz CT molecular complexity index is 904. The molecule has 0 heterocycles. The fourth-order valence-corrected chi connectivity index (χ4v) is 2.46. The van der Waals surface area contributed by atoms with Gasteiger partial charge in [0.15, 0.2) is 0 Å². The number of phenolic OH excluding ortho intramolecular Hbond substituents is 1. The standard InChI is InChI=1S/C20H16O3/c1-13(2)20(22)23-19-11-10-15(21)12-18(19)17-9-5-7-14-6-3-4-8-16(14)17/h3-12,21H,1H2,2H3. The molecular weight excluding hydrogens is 288 g/mol. The first kappa shape index (κ1) is 14.9. The molecule has 0 saturated heterocycles. The quantitative estimate of drug-likeness (QED) is 0.433. The molecule has 0 amide bonds. The molecule has 3 aromatic carbocycles. The van der Waals surface area contributed by atoms with E-state index in [2.05, 4.69) is 6.58 Å². The van der Waals surface area contributed by atoms with Crippen molar-refractivity contribution in [2.75, 3.05) is 0 Å². The van der Waals surface area contributed by atoms with Crippen LogP contribution in [-0.4, -0.2) is 11.1 Å². The summed E-state index contributed by atoms with van der Waals surface area (Å²) in [4.78, 5) is 11.9. The summed E-state index contributed by atoms with van der Waals surface area (Å²) in [6.07, 6.45) is 0. The average molecular weight is 304 g/mol. The van der Waals surface area contributed by atoms with Gasteiger partial charge < -0.3 is 9.84 Å². The van der Waals surface area contributed by atoms with Crippen molar-refractivity contribution >= 4 is 16.7 Å². The van der Waals surface area contributed by atoms with E-state index < -0.39 is 5.97 Å². The van der Waals surface area contributed by atoms with Crippen LogP contribution in [-0.2, 0) is 4.79 Å². The zero-order valence-electron chi connectivity index (χ0n) is 12.7. The van der Waals surface area contributed by atoms with Crippen LogP contribution in [0.2, 0.25) is 0 Å². The van der Waals surface area contributed by atoms with E-state index in [0.29, 0.717) is 16.9 Å². The van der Waals surface area contributed by atoms with E-state index in [0.717, 1.165) is 16.3 Å². The topological polar surface area (TPSA) is 46.5 Å². The highest BCUT2D eigenvalue weighted by atomic mass is 16.5. The number of fused-ring (bicyclic) bond motifs is 1. The molecule has 0 aliphatic carbocycles. The molecule has 0 fully saturated rings. The molecule has 0 aliphatic rings. The predicted octanol–water partition coefficient (Wildman–Crippen LogP) is 4.69. The Morgan fingerprint density at radius 3 is 2.52 bits per heavy atom. The number of benzene rings is 3. The van der Waals surface area contributed by atoms with E-state index in [4.69, 9.17) is 4.74 Å². The van der Waals surface area contributed by atoms with Crippen molar-refractivity contribution in [3.63, 3.8) is 0 Å². The maximum Gasteiger partial charge on any atom is 0.338 e. The monoisotopic (exact) mass is 304 g/mol. The van der Waals surface area contributed by atoms with Gasteiger partial charge >= 0.3 is 5.97 Å². The Morgan fingerprint density at radius 2 is 1.74 bits per heavy atom. The van der Waals surface area contributed by atoms with Gasteiger partial charge in [-0.25, -0.2) is 4.79 Å². The van der Waals surface area contributed by atoms with E-state index in [1.807, 2.05) is 42.5 Å². The summed E-state index contributed by atoms with van der Waals surface area (Å²) in [5.74, 6) is 0.0207. The number of hydrogen-bond acceptors (Lipinski definition) is 3. The first-order chi connectivity index (χ1) is 11.1. The normalized spacial score (nSPS) is 10.5. The van der Waals surface area contributed by atoms with Gasteiger partial charge in [-0.05, 0) is 41.5 Å². The van der Waals surface area contributed by atoms with Gasteiger partial charge in [0.25, 0.3) is 0 Å². The van der Waals surface area contributed by atoms with Gasteiger partial charge in [-0.1, -0.05) is 49.0 Å². The van der Waals surface area contributed by atoms with Crippen molar-refractivity contribution in [3.05, 3.63) is 72.8 Å². The first-order valence-corrected chi connectivity index (χ1v) is 7.25. The predicted molar refractivity (Wildman–Crippen MR) is 91.5 cm³/mol. The smallest absolute Gasteiger partial charge is 0.338 e. The maximum atomic E-state index is 11.9. The highest BCUT2D eigenvalue weighted by Crippen LogP contribution is 2.37. The maximum absolute atomic E-state index is 11.9. The summed E-state index contributed by atoms with van der Waals surface area (Å²) in [5, 5.41) is 12.0. The number of esters is 1. The van der Waals surface area contributed by atoms with Crippen LogP contribution in [0.15, 0.2) is 72.8 Å². The second-order valence-electron chi connectivity index (χ2n) is 5.38. The number of phenols is 1. The lowest BCUT2D eigenvalue weighted by Crippen LogP contribution is -2.08. The van der Waals surface area contributed by atoms with Crippen LogP contribution in [0.25, 0.3) is 21.9 Å². The largest absolute Gasteiger partial charge is 0.508 e. The molecule has 0 atom stereocenters. The van der Waals surface area contributed by atoms with Crippen molar-refractivity contribution < 1.29 is 14.6 Å².